The highest BCUT2D eigenvalue weighted by Gasteiger charge is 2.19. The van der Waals surface area contributed by atoms with Gasteiger partial charge >= 0.3 is 0 Å². The number of rotatable bonds is 3. The van der Waals surface area contributed by atoms with E-state index in [0.717, 1.165) is 6.54 Å². The van der Waals surface area contributed by atoms with Crippen LogP contribution in [0.15, 0.2) is 18.5 Å². The lowest BCUT2D eigenvalue weighted by molar-refractivity contribution is 0.0759. The molecule has 18 heavy (non-hydrogen) atoms. The molecule has 1 saturated carbocycles. The predicted molar refractivity (Wildman–Crippen MR) is 69.4 cm³/mol. The standard InChI is InChI=1S/C14H20N2O2/c1-16(10-11-5-3-2-4-6-11)14(18)12-7-13(17)9-15-8-12/h7-9,11,17H,2-6,10H2,1H3. The highest BCUT2D eigenvalue weighted by molar-refractivity contribution is 5.94. The van der Waals surface area contributed by atoms with Crippen molar-refractivity contribution in [1.82, 2.24) is 9.88 Å². The molecule has 0 atom stereocenters. The Morgan fingerprint density at radius 3 is 2.78 bits per heavy atom. The lowest BCUT2D eigenvalue weighted by atomic mass is 9.89. The number of hydrogen-bond acceptors (Lipinski definition) is 3. The van der Waals surface area contributed by atoms with Crippen LogP contribution in [-0.4, -0.2) is 34.5 Å². The van der Waals surface area contributed by atoms with Crippen molar-refractivity contribution in [3.8, 4) is 5.75 Å². The van der Waals surface area contributed by atoms with Crippen molar-refractivity contribution >= 4 is 5.91 Å². The van der Waals surface area contributed by atoms with E-state index in [1.54, 1.807) is 4.90 Å². The van der Waals surface area contributed by atoms with Gasteiger partial charge in [-0.05, 0) is 24.8 Å². The average molecular weight is 248 g/mol. The summed E-state index contributed by atoms with van der Waals surface area (Å²) < 4.78 is 0. The fourth-order valence-electron chi connectivity index (χ4n) is 2.61. The van der Waals surface area contributed by atoms with Gasteiger partial charge in [-0.2, -0.15) is 0 Å². The SMILES string of the molecule is CN(CC1CCCCC1)C(=O)c1cncc(O)c1. The van der Waals surface area contributed by atoms with Crippen molar-refractivity contribution in [1.29, 1.82) is 0 Å². The fourth-order valence-corrected chi connectivity index (χ4v) is 2.61. The van der Waals surface area contributed by atoms with Gasteiger partial charge in [-0.25, -0.2) is 0 Å². The van der Waals surface area contributed by atoms with Crippen LogP contribution < -0.4 is 0 Å². The number of carbonyl (C=O) groups excluding carboxylic acids is 1. The molecular weight excluding hydrogens is 228 g/mol. The van der Waals surface area contributed by atoms with Gasteiger partial charge in [-0.15, -0.1) is 0 Å². The predicted octanol–water partition coefficient (Wildman–Crippen LogP) is 2.44. The lowest BCUT2D eigenvalue weighted by Gasteiger charge is -2.27. The third-order valence-corrected chi connectivity index (χ3v) is 3.57. The monoisotopic (exact) mass is 248 g/mol. The molecule has 2 rings (SSSR count). The van der Waals surface area contributed by atoms with Crippen LogP contribution in [0.3, 0.4) is 0 Å². The Hall–Kier alpha value is -1.58. The number of carbonyl (C=O) groups is 1. The second-order valence-electron chi connectivity index (χ2n) is 5.12. The van der Waals surface area contributed by atoms with E-state index in [-0.39, 0.29) is 11.7 Å². The number of amides is 1. The van der Waals surface area contributed by atoms with Crippen molar-refractivity contribution < 1.29 is 9.90 Å². The summed E-state index contributed by atoms with van der Waals surface area (Å²) >= 11 is 0. The summed E-state index contributed by atoms with van der Waals surface area (Å²) in [5, 5.41) is 9.33. The summed E-state index contributed by atoms with van der Waals surface area (Å²) in [7, 11) is 1.82. The van der Waals surface area contributed by atoms with E-state index >= 15 is 0 Å². The molecule has 0 radical (unpaired) electrons. The quantitative estimate of drug-likeness (QED) is 0.893. The Labute approximate surface area is 108 Å². The Morgan fingerprint density at radius 2 is 2.11 bits per heavy atom. The molecule has 0 aromatic carbocycles. The normalized spacial score (nSPS) is 16.5. The van der Waals surface area contributed by atoms with Gasteiger partial charge in [-0.3, -0.25) is 9.78 Å². The lowest BCUT2D eigenvalue weighted by Crippen LogP contribution is -2.32. The van der Waals surface area contributed by atoms with Gasteiger partial charge < -0.3 is 10.0 Å². The molecule has 0 saturated heterocycles. The third kappa shape index (κ3) is 3.22. The summed E-state index contributed by atoms with van der Waals surface area (Å²) in [5.74, 6) is 0.592. The molecule has 0 unspecified atom stereocenters. The van der Waals surface area contributed by atoms with Gasteiger partial charge in [0.2, 0.25) is 0 Å². The molecular formula is C14H20N2O2. The van der Waals surface area contributed by atoms with Crippen LogP contribution >= 0.6 is 0 Å². The van der Waals surface area contributed by atoms with E-state index in [9.17, 15) is 9.90 Å². The smallest absolute Gasteiger partial charge is 0.255 e. The molecule has 1 amide bonds. The number of nitrogens with zero attached hydrogens (tertiary/aromatic N) is 2. The van der Waals surface area contributed by atoms with Gasteiger partial charge in [0.1, 0.15) is 5.75 Å². The van der Waals surface area contributed by atoms with Crippen molar-refractivity contribution in [2.45, 2.75) is 32.1 Å². The molecule has 1 N–H and O–H groups in total. The first kappa shape index (κ1) is 12.9. The molecule has 98 valence electrons. The van der Waals surface area contributed by atoms with Crippen LogP contribution in [0.4, 0.5) is 0 Å². The summed E-state index contributed by atoms with van der Waals surface area (Å²) in [4.78, 5) is 17.7. The zero-order valence-electron chi connectivity index (χ0n) is 10.8. The minimum Gasteiger partial charge on any atom is -0.506 e. The van der Waals surface area contributed by atoms with Gasteiger partial charge in [0, 0.05) is 19.8 Å². The van der Waals surface area contributed by atoms with E-state index in [1.165, 1.54) is 50.6 Å². The highest BCUT2D eigenvalue weighted by Crippen LogP contribution is 2.24. The zero-order chi connectivity index (χ0) is 13.0. The molecule has 1 heterocycles. The van der Waals surface area contributed by atoms with E-state index in [4.69, 9.17) is 0 Å². The molecule has 1 fully saturated rings. The zero-order valence-corrected chi connectivity index (χ0v) is 10.8. The van der Waals surface area contributed by atoms with Crippen molar-refractivity contribution in [3.63, 3.8) is 0 Å². The maximum atomic E-state index is 12.1. The number of hydrogen-bond donors (Lipinski definition) is 1. The Kier molecular flexibility index (Phi) is 4.18. The molecule has 1 aliphatic carbocycles. The van der Waals surface area contributed by atoms with Gasteiger partial charge in [0.15, 0.2) is 0 Å². The van der Waals surface area contributed by atoms with Crippen LogP contribution in [0.25, 0.3) is 0 Å². The van der Waals surface area contributed by atoms with Crippen LogP contribution in [0, 0.1) is 5.92 Å². The van der Waals surface area contributed by atoms with Crippen LogP contribution in [-0.2, 0) is 0 Å². The maximum Gasteiger partial charge on any atom is 0.255 e. The summed E-state index contributed by atoms with van der Waals surface area (Å²) in [6.07, 6.45) is 9.15. The Morgan fingerprint density at radius 1 is 1.39 bits per heavy atom. The topological polar surface area (TPSA) is 53.4 Å². The molecule has 1 aromatic heterocycles. The largest absolute Gasteiger partial charge is 0.506 e. The van der Waals surface area contributed by atoms with Gasteiger partial charge in [0.25, 0.3) is 5.91 Å². The maximum absolute atomic E-state index is 12.1. The number of aromatic nitrogens is 1. The molecule has 4 nitrogen and oxygen atoms in total. The Balaban J connectivity index is 1.95. The first-order chi connectivity index (χ1) is 8.66. The van der Waals surface area contributed by atoms with Crippen LogP contribution in [0.5, 0.6) is 5.75 Å². The highest BCUT2D eigenvalue weighted by atomic mass is 16.3. The number of aromatic hydroxyl groups is 1. The molecule has 0 bridgehead atoms. The molecule has 0 aliphatic heterocycles. The van der Waals surface area contributed by atoms with Crippen molar-refractivity contribution in [2.75, 3.05) is 13.6 Å². The molecule has 4 heteroatoms. The average Bonchev–Trinajstić information content (AvgIpc) is 2.39. The van der Waals surface area contributed by atoms with E-state index in [1.807, 2.05) is 7.05 Å². The number of pyridine rings is 1. The van der Waals surface area contributed by atoms with Gasteiger partial charge in [0.05, 0.1) is 11.8 Å². The second kappa shape index (κ2) is 5.85. The second-order valence-corrected chi connectivity index (χ2v) is 5.12. The van der Waals surface area contributed by atoms with Gasteiger partial charge in [-0.1, -0.05) is 19.3 Å². The third-order valence-electron chi connectivity index (χ3n) is 3.57. The van der Waals surface area contributed by atoms with E-state index in [2.05, 4.69) is 4.98 Å². The first-order valence-corrected chi connectivity index (χ1v) is 6.56. The van der Waals surface area contributed by atoms with Crippen molar-refractivity contribution in [2.24, 2.45) is 5.92 Å². The van der Waals surface area contributed by atoms with Crippen LogP contribution in [0.1, 0.15) is 42.5 Å². The van der Waals surface area contributed by atoms with E-state index < -0.39 is 0 Å². The summed E-state index contributed by atoms with van der Waals surface area (Å²) in [5.41, 5.74) is 0.452. The molecule has 0 spiro atoms. The van der Waals surface area contributed by atoms with Crippen LogP contribution in [0.2, 0.25) is 0 Å². The van der Waals surface area contributed by atoms with Crippen molar-refractivity contribution in [3.05, 3.63) is 24.0 Å². The molecule has 1 aliphatic rings. The Bertz CT molecular complexity index is 414. The minimum absolute atomic E-state index is 0.0342. The first-order valence-electron chi connectivity index (χ1n) is 6.56. The van der Waals surface area contributed by atoms with E-state index in [0.29, 0.717) is 11.5 Å². The fraction of sp³-hybridized carbons (Fsp3) is 0.571. The minimum atomic E-state index is -0.0658. The summed E-state index contributed by atoms with van der Waals surface area (Å²) in [6.45, 7) is 0.800. The molecule has 1 aromatic rings. The summed E-state index contributed by atoms with van der Waals surface area (Å²) in [6, 6.07) is 1.46.